The van der Waals surface area contributed by atoms with Crippen molar-refractivity contribution in [3.8, 4) is 0 Å². The topological polar surface area (TPSA) is 76.1 Å². The van der Waals surface area contributed by atoms with Gasteiger partial charge >= 0.3 is 6.18 Å². The first kappa shape index (κ1) is 20.6. The molecule has 1 aliphatic rings. The van der Waals surface area contributed by atoms with Gasteiger partial charge in [0.05, 0.1) is 13.2 Å². The molecular formula is C14H20ClF3N4O2. The van der Waals surface area contributed by atoms with Gasteiger partial charge < -0.3 is 15.4 Å². The monoisotopic (exact) mass is 368 g/mol. The standard InChI is InChI=1S/C14H19F3N4O2.ClH/c1-9-6-11(14(15,16)17)21-12(20-9)2-3-19-13(22)7-10-8-23-5-4-18-10;/h6,10,18H,2-5,7-8H2,1H3,(H,19,22);1H. The fraction of sp³-hybridized carbons (Fsp3) is 0.643. The van der Waals surface area contributed by atoms with Crippen LogP contribution < -0.4 is 10.6 Å². The Labute approximate surface area is 144 Å². The molecule has 0 radical (unpaired) electrons. The number of aromatic nitrogens is 2. The fourth-order valence-electron chi connectivity index (χ4n) is 2.25. The number of hydrogen-bond acceptors (Lipinski definition) is 5. The third-order valence-electron chi connectivity index (χ3n) is 3.29. The molecule has 0 aromatic carbocycles. The van der Waals surface area contributed by atoms with Crippen molar-refractivity contribution < 1.29 is 22.7 Å². The van der Waals surface area contributed by atoms with E-state index in [2.05, 4.69) is 20.6 Å². The first-order valence-corrected chi connectivity index (χ1v) is 7.34. The molecule has 1 amide bonds. The highest BCUT2D eigenvalue weighted by Crippen LogP contribution is 2.27. The molecule has 0 aliphatic carbocycles. The Morgan fingerprint density at radius 3 is 2.83 bits per heavy atom. The van der Waals surface area contributed by atoms with E-state index in [4.69, 9.17) is 4.74 Å². The SMILES string of the molecule is Cc1cc(C(F)(F)F)nc(CCNC(=O)CC2COCCN2)n1.Cl. The molecule has 1 aromatic heterocycles. The van der Waals surface area contributed by atoms with Gasteiger partial charge in [0.15, 0.2) is 0 Å². The average Bonchev–Trinajstić information content (AvgIpc) is 2.47. The lowest BCUT2D eigenvalue weighted by molar-refractivity contribution is -0.141. The number of halogens is 4. The Kier molecular flexibility index (Phi) is 7.85. The number of alkyl halides is 3. The van der Waals surface area contributed by atoms with Crippen molar-refractivity contribution in [3.05, 3.63) is 23.3 Å². The lowest BCUT2D eigenvalue weighted by atomic mass is 10.2. The van der Waals surface area contributed by atoms with E-state index in [0.29, 0.717) is 19.8 Å². The van der Waals surface area contributed by atoms with Crippen molar-refractivity contribution in [2.24, 2.45) is 0 Å². The maximum atomic E-state index is 12.7. The minimum absolute atomic E-state index is 0. The predicted octanol–water partition coefficient (Wildman–Crippen LogP) is 1.26. The highest BCUT2D eigenvalue weighted by molar-refractivity contribution is 5.85. The quantitative estimate of drug-likeness (QED) is 0.818. The minimum atomic E-state index is -4.50. The van der Waals surface area contributed by atoms with Crippen molar-refractivity contribution in [1.29, 1.82) is 0 Å². The Morgan fingerprint density at radius 1 is 1.46 bits per heavy atom. The van der Waals surface area contributed by atoms with Crippen molar-refractivity contribution >= 4 is 18.3 Å². The lowest BCUT2D eigenvalue weighted by Crippen LogP contribution is -2.44. The van der Waals surface area contributed by atoms with Gasteiger partial charge in [-0.1, -0.05) is 0 Å². The lowest BCUT2D eigenvalue weighted by Gasteiger charge is -2.23. The second-order valence-electron chi connectivity index (χ2n) is 5.34. The van der Waals surface area contributed by atoms with Crippen LogP contribution in [0.3, 0.4) is 0 Å². The van der Waals surface area contributed by atoms with Crippen LogP contribution in [0.15, 0.2) is 6.07 Å². The van der Waals surface area contributed by atoms with Crippen LogP contribution in [0.25, 0.3) is 0 Å². The van der Waals surface area contributed by atoms with E-state index < -0.39 is 11.9 Å². The molecule has 1 atom stereocenters. The molecule has 10 heteroatoms. The Bertz CT molecular complexity index is 551. The number of ether oxygens (including phenoxy) is 1. The Balaban J connectivity index is 0.00000288. The summed E-state index contributed by atoms with van der Waals surface area (Å²) in [6, 6.07) is 0.868. The van der Waals surface area contributed by atoms with E-state index in [1.807, 2.05) is 0 Å². The molecule has 6 nitrogen and oxygen atoms in total. The van der Waals surface area contributed by atoms with E-state index in [-0.39, 0.29) is 55.3 Å². The van der Waals surface area contributed by atoms with Gasteiger partial charge in [-0.15, -0.1) is 12.4 Å². The van der Waals surface area contributed by atoms with E-state index in [9.17, 15) is 18.0 Å². The van der Waals surface area contributed by atoms with Crippen LogP contribution in [0, 0.1) is 6.92 Å². The number of morpholine rings is 1. The molecular weight excluding hydrogens is 349 g/mol. The van der Waals surface area contributed by atoms with Crippen LogP contribution in [0.1, 0.15) is 23.6 Å². The van der Waals surface area contributed by atoms with Gasteiger partial charge in [0.25, 0.3) is 0 Å². The number of amides is 1. The summed E-state index contributed by atoms with van der Waals surface area (Å²) in [6.45, 7) is 3.48. The normalized spacial score (nSPS) is 17.9. The van der Waals surface area contributed by atoms with Gasteiger partial charge in [-0.2, -0.15) is 13.2 Å². The molecule has 1 aliphatic heterocycles. The summed E-state index contributed by atoms with van der Waals surface area (Å²) in [5.74, 6) is -0.117. The maximum absolute atomic E-state index is 12.7. The highest BCUT2D eigenvalue weighted by Gasteiger charge is 2.33. The van der Waals surface area contributed by atoms with Crippen LogP contribution >= 0.6 is 12.4 Å². The number of nitrogens with zero attached hydrogens (tertiary/aromatic N) is 2. The van der Waals surface area contributed by atoms with E-state index >= 15 is 0 Å². The van der Waals surface area contributed by atoms with Crippen molar-refractivity contribution in [2.45, 2.75) is 32.0 Å². The van der Waals surface area contributed by atoms with Crippen LogP contribution in [0.2, 0.25) is 0 Å². The summed E-state index contributed by atoms with van der Waals surface area (Å²) in [5.41, 5.74) is -0.716. The summed E-state index contributed by atoms with van der Waals surface area (Å²) in [7, 11) is 0. The van der Waals surface area contributed by atoms with Gasteiger partial charge in [0, 0.05) is 37.7 Å². The van der Waals surface area contributed by atoms with Crippen molar-refractivity contribution in [1.82, 2.24) is 20.6 Å². The zero-order valence-corrected chi connectivity index (χ0v) is 14.0. The zero-order chi connectivity index (χ0) is 16.9. The molecule has 2 rings (SSSR count). The Morgan fingerprint density at radius 2 is 2.21 bits per heavy atom. The molecule has 0 saturated carbocycles. The molecule has 0 spiro atoms. The van der Waals surface area contributed by atoms with Crippen LogP contribution in [-0.2, 0) is 22.1 Å². The van der Waals surface area contributed by atoms with E-state index in [1.165, 1.54) is 6.92 Å². The van der Waals surface area contributed by atoms with Crippen molar-refractivity contribution in [2.75, 3.05) is 26.3 Å². The summed E-state index contributed by atoms with van der Waals surface area (Å²) < 4.78 is 43.3. The molecule has 0 bridgehead atoms. The average molecular weight is 369 g/mol. The minimum Gasteiger partial charge on any atom is -0.378 e. The highest BCUT2D eigenvalue weighted by atomic mass is 35.5. The number of nitrogens with one attached hydrogen (secondary N) is 2. The first-order valence-electron chi connectivity index (χ1n) is 7.34. The Hall–Kier alpha value is -1.45. The van der Waals surface area contributed by atoms with Gasteiger partial charge in [-0.3, -0.25) is 4.79 Å². The molecule has 1 unspecified atom stereocenters. The number of carbonyl (C=O) groups is 1. The molecule has 136 valence electrons. The smallest absolute Gasteiger partial charge is 0.378 e. The summed E-state index contributed by atoms with van der Waals surface area (Å²) >= 11 is 0. The molecule has 1 aromatic rings. The van der Waals surface area contributed by atoms with E-state index in [0.717, 1.165) is 6.07 Å². The third-order valence-corrected chi connectivity index (χ3v) is 3.29. The maximum Gasteiger partial charge on any atom is 0.433 e. The number of hydrogen-bond donors (Lipinski definition) is 2. The van der Waals surface area contributed by atoms with Crippen LogP contribution in [0.4, 0.5) is 13.2 Å². The van der Waals surface area contributed by atoms with Gasteiger partial charge in [-0.25, -0.2) is 9.97 Å². The first-order chi connectivity index (χ1) is 10.8. The van der Waals surface area contributed by atoms with Gasteiger partial charge in [0.1, 0.15) is 11.5 Å². The van der Waals surface area contributed by atoms with Crippen LogP contribution in [0.5, 0.6) is 0 Å². The molecule has 2 heterocycles. The summed E-state index contributed by atoms with van der Waals surface area (Å²) in [5, 5.41) is 5.81. The van der Waals surface area contributed by atoms with Gasteiger partial charge in [0.2, 0.25) is 5.91 Å². The van der Waals surface area contributed by atoms with Gasteiger partial charge in [-0.05, 0) is 13.0 Å². The molecule has 1 fully saturated rings. The van der Waals surface area contributed by atoms with E-state index in [1.54, 1.807) is 0 Å². The molecule has 24 heavy (non-hydrogen) atoms. The fourth-order valence-corrected chi connectivity index (χ4v) is 2.25. The molecule has 1 saturated heterocycles. The predicted molar refractivity (Wildman–Crippen MR) is 83.0 cm³/mol. The second kappa shape index (κ2) is 9.14. The number of carbonyl (C=O) groups excluding carboxylic acids is 1. The largest absolute Gasteiger partial charge is 0.433 e. The summed E-state index contributed by atoms with van der Waals surface area (Å²) in [6.07, 6.45) is -4.09. The summed E-state index contributed by atoms with van der Waals surface area (Å²) in [4.78, 5) is 19.2. The zero-order valence-electron chi connectivity index (χ0n) is 13.2. The van der Waals surface area contributed by atoms with Crippen molar-refractivity contribution in [3.63, 3.8) is 0 Å². The van der Waals surface area contributed by atoms with Crippen LogP contribution in [-0.4, -0.2) is 48.2 Å². The molecule has 2 N–H and O–H groups in total. The third kappa shape index (κ3) is 6.58. The number of aryl methyl sites for hydroxylation is 1. The second-order valence-corrected chi connectivity index (χ2v) is 5.34. The number of rotatable bonds is 5.